The van der Waals surface area contributed by atoms with Crippen LogP contribution in [-0.2, 0) is 23.9 Å². The lowest BCUT2D eigenvalue weighted by Crippen LogP contribution is -2.60. The highest BCUT2D eigenvalue weighted by molar-refractivity contribution is 6.14. The molecule has 1 N–H and O–H groups in total. The van der Waals surface area contributed by atoms with E-state index in [1.807, 2.05) is 0 Å². The smallest absolute Gasteiger partial charge is 0.323 e. The zero-order valence-electron chi connectivity index (χ0n) is 15.2. The van der Waals surface area contributed by atoms with E-state index in [4.69, 9.17) is 4.74 Å². The number of aliphatic hydroxyl groups is 1. The van der Waals surface area contributed by atoms with E-state index in [9.17, 15) is 24.3 Å². The molecule has 0 aromatic rings. The Morgan fingerprint density at radius 3 is 2.54 bits per heavy atom. The van der Waals surface area contributed by atoms with Gasteiger partial charge >= 0.3 is 5.97 Å². The number of ketones is 3. The molecule has 0 saturated heterocycles. The van der Waals surface area contributed by atoms with Crippen molar-refractivity contribution >= 4 is 23.3 Å². The van der Waals surface area contributed by atoms with Crippen LogP contribution in [-0.4, -0.2) is 41.1 Å². The van der Waals surface area contributed by atoms with Crippen molar-refractivity contribution in [2.24, 2.45) is 16.7 Å². The lowest BCUT2D eigenvalue weighted by molar-refractivity contribution is -0.163. The Morgan fingerprint density at radius 1 is 1.12 bits per heavy atom. The quantitative estimate of drug-likeness (QED) is 0.564. The number of hydrogen-bond donors (Lipinski definition) is 1. The van der Waals surface area contributed by atoms with Gasteiger partial charge in [-0.2, -0.15) is 0 Å². The monoisotopic (exact) mass is 360 g/mol. The molecule has 0 aromatic heterocycles. The molecule has 4 aliphatic rings. The van der Waals surface area contributed by atoms with Crippen molar-refractivity contribution in [2.75, 3.05) is 7.11 Å². The van der Waals surface area contributed by atoms with Crippen molar-refractivity contribution in [1.29, 1.82) is 0 Å². The third kappa shape index (κ3) is 1.76. The van der Waals surface area contributed by atoms with E-state index >= 15 is 0 Å². The van der Waals surface area contributed by atoms with Crippen LogP contribution in [0.5, 0.6) is 0 Å². The predicted octanol–water partition coefficient (Wildman–Crippen LogP) is 1.68. The van der Waals surface area contributed by atoms with E-state index in [0.29, 0.717) is 31.3 Å². The van der Waals surface area contributed by atoms with Crippen molar-refractivity contribution in [3.63, 3.8) is 0 Å². The molecule has 0 heterocycles. The highest BCUT2D eigenvalue weighted by Crippen LogP contribution is 2.62. The van der Waals surface area contributed by atoms with E-state index in [2.05, 4.69) is 0 Å². The Labute approximate surface area is 152 Å². The summed E-state index contributed by atoms with van der Waals surface area (Å²) >= 11 is 0. The van der Waals surface area contributed by atoms with Gasteiger partial charge in [0.15, 0.2) is 17.0 Å². The number of rotatable bonds is 1. The lowest BCUT2D eigenvalue weighted by atomic mass is 9.49. The minimum absolute atomic E-state index is 0.0479. The summed E-state index contributed by atoms with van der Waals surface area (Å²) in [5.74, 6) is -1.51. The minimum Gasteiger partial charge on any atom is -0.468 e. The Bertz CT molecular complexity index is 769. The fraction of sp³-hybridized carbons (Fsp3) is 0.700. The predicted molar refractivity (Wildman–Crippen MR) is 90.0 cm³/mol. The van der Waals surface area contributed by atoms with Crippen LogP contribution in [0, 0.1) is 16.7 Å². The van der Waals surface area contributed by atoms with Gasteiger partial charge in [-0.25, -0.2) is 0 Å². The lowest BCUT2D eigenvalue weighted by Gasteiger charge is -2.53. The Kier molecular flexibility index (Phi) is 3.62. The van der Waals surface area contributed by atoms with Gasteiger partial charge in [-0.1, -0.05) is 0 Å². The SMILES string of the molecule is COC(=O)[C@]12C(=O)CCC[C@H]1CC(=O)C1=C2CC[C@@]2(C)C(=O)CC[C@@]12O. The Balaban J connectivity index is 2.01. The van der Waals surface area contributed by atoms with Crippen molar-refractivity contribution in [1.82, 2.24) is 0 Å². The maximum absolute atomic E-state index is 13.1. The molecule has 6 nitrogen and oxygen atoms in total. The molecule has 0 spiro atoms. The third-order valence-electron chi connectivity index (χ3n) is 7.54. The van der Waals surface area contributed by atoms with Crippen LogP contribution in [0.3, 0.4) is 0 Å². The van der Waals surface area contributed by atoms with Crippen LogP contribution in [0.25, 0.3) is 0 Å². The van der Waals surface area contributed by atoms with Crippen molar-refractivity contribution in [3.05, 3.63) is 11.1 Å². The van der Waals surface area contributed by atoms with Crippen molar-refractivity contribution in [3.8, 4) is 0 Å². The normalized spacial score (nSPS) is 42.3. The molecule has 2 saturated carbocycles. The number of ether oxygens (including phenoxy) is 1. The number of hydrogen-bond acceptors (Lipinski definition) is 6. The van der Waals surface area contributed by atoms with Gasteiger partial charge in [0.1, 0.15) is 11.4 Å². The van der Waals surface area contributed by atoms with Gasteiger partial charge in [0.25, 0.3) is 0 Å². The maximum Gasteiger partial charge on any atom is 0.323 e. The van der Waals surface area contributed by atoms with Crippen LogP contribution in [0.15, 0.2) is 11.1 Å². The minimum atomic E-state index is -1.58. The fourth-order valence-electron chi connectivity index (χ4n) is 6.08. The van der Waals surface area contributed by atoms with Gasteiger partial charge in [-0.05, 0) is 50.5 Å². The van der Waals surface area contributed by atoms with Crippen molar-refractivity contribution < 1.29 is 29.0 Å². The molecule has 0 radical (unpaired) electrons. The molecule has 0 unspecified atom stereocenters. The van der Waals surface area contributed by atoms with Gasteiger partial charge in [0.2, 0.25) is 0 Å². The summed E-state index contributed by atoms with van der Waals surface area (Å²) < 4.78 is 5.04. The summed E-state index contributed by atoms with van der Waals surface area (Å²) in [6.45, 7) is 1.71. The Morgan fingerprint density at radius 2 is 1.85 bits per heavy atom. The number of carbonyl (C=O) groups is 4. The molecule has 26 heavy (non-hydrogen) atoms. The first-order chi connectivity index (χ1) is 12.2. The molecule has 0 aliphatic heterocycles. The topological polar surface area (TPSA) is 97.7 Å². The number of fused-ring (bicyclic) bond motifs is 4. The molecule has 4 atom stereocenters. The number of methoxy groups -OCH3 is 1. The van der Waals surface area contributed by atoms with Crippen molar-refractivity contribution in [2.45, 2.75) is 63.9 Å². The first-order valence-electron chi connectivity index (χ1n) is 9.38. The maximum atomic E-state index is 13.1. The molecule has 2 fully saturated rings. The van der Waals surface area contributed by atoms with Gasteiger partial charge < -0.3 is 9.84 Å². The summed E-state index contributed by atoms with van der Waals surface area (Å²) in [5.41, 5.74) is -3.47. The van der Waals surface area contributed by atoms with Gasteiger partial charge in [0, 0.05) is 24.8 Å². The van der Waals surface area contributed by atoms with E-state index in [0.717, 1.165) is 0 Å². The summed E-state index contributed by atoms with van der Waals surface area (Å²) in [6.07, 6.45) is 2.59. The molecule has 0 aromatic carbocycles. The average molecular weight is 360 g/mol. The van der Waals surface area contributed by atoms with Crippen LogP contribution in [0.1, 0.15) is 58.3 Å². The second-order valence-corrected chi connectivity index (χ2v) is 8.41. The van der Waals surface area contributed by atoms with Crippen LogP contribution in [0.2, 0.25) is 0 Å². The van der Waals surface area contributed by atoms with Gasteiger partial charge in [0.05, 0.1) is 12.5 Å². The van der Waals surface area contributed by atoms with E-state index in [1.54, 1.807) is 6.92 Å². The second kappa shape index (κ2) is 5.35. The van der Waals surface area contributed by atoms with Crippen LogP contribution >= 0.6 is 0 Å². The fourth-order valence-corrected chi connectivity index (χ4v) is 6.08. The van der Waals surface area contributed by atoms with E-state index in [-0.39, 0.29) is 48.6 Å². The van der Waals surface area contributed by atoms with Gasteiger partial charge in [-0.3, -0.25) is 19.2 Å². The first kappa shape index (κ1) is 17.6. The van der Waals surface area contributed by atoms with E-state index < -0.39 is 28.3 Å². The molecule has 0 amide bonds. The average Bonchev–Trinajstić information content (AvgIpc) is 2.85. The number of esters is 1. The summed E-state index contributed by atoms with van der Waals surface area (Å²) in [4.78, 5) is 51.5. The van der Waals surface area contributed by atoms with Gasteiger partial charge in [-0.15, -0.1) is 0 Å². The molecule has 140 valence electrons. The largest absolute Gasteiger partial charge is 0.468 e. The second-order valence-electron chi connectivity index (χ2n) is 8.41. The number of Topliss-reactive ketones (excluding diaryl/α,β-unsaturated/α-hetero) is 3. The van der Waals surface area contributed by atoms with E-state index in [1.165, 1.54) is 7.11 Å². The number of carbonyl (C=O) groups excluding carboxylic acids is 4. The first-order valence-corrected chi connectivity index (χ1v) is 9.38. The standard InChI is InChI=1S/C20H24O6/c1-18-8-6-12-16(19(18,25)9-7-14(18)22)13(21)10-11-4-3-5-15(23)20(11,12)17(24)26-2/h11,25H,3-10H2,1-2H3/t11-,18-,19+,20+/m0/s1. The zero-order valence-corrected chi connectivity index (χ0v) is 15.2. The van der Waals surface area contributed by atoms with Crippen LogP contribution < -0.4 is 0 Å². The molecule has 6 heteroatoms. The highest BCUT2D eigenvalue weighted by atomic mass is 16.5. The summed E-state index contributed by atoms with van der Waals surface area (Å²) in [7, 11) is 1.26. The van der Waals surface area contributed by atoms with Crippen LogP contribution in [0.4, 0.5) is 0 Å². The molecule has 0 bridgehead atoms. The summed E-state index contributed by atoms with van der Waals surface area (Å²) in [5, 5.41) is 11.5. The molecular formula is C20H24O6. The third-order valence-corrected chi connectivity index (χ3v) is 7.54. The molecule has 4 aliphatic carbocycles. The Hall–Kier alpha value is -1.82. The summed E-state index contributed by atoms with van der Waals surface area (Å²) in [6, 6.07) is 0. The zero-order chi connectivity index (χ0) is 18.9. The highest BCUT2D eigenvalue weighted by Gasteiger charge is 2.68. The molecule has 4 rings (SSSR count). The molecular weight excluding hydrogens is 336 g/mol.